The lowest BCUT2D eigenvalue weighted by molar-refractivity contribution is -0.133. The minimum Gasteiger partial charge on any atom is -0.447 e. The maximum atomic E-state index is 13.0. The van der Waals surface area contributed by atoms with Crippen molar-refractivity contribution in [1.29, 1.82) is 0 Å². The Morgan fingerprint density at radius 3 is 2.29 bits per heavy atom. The number of nitrogens with one attached hydrogen (secondary N) is 1. The van der Waals surface area contributed by atoms with Gasteiger partial charge in [-0.05, 0) is 36.3 Å². The molecule has 0 aromatic heterocycles. The monoisotopic (exact) mass is 422 g/mol. The van der Waals surface area contributed by atoms with E-state index in [0.29, 0.717) is 6.42 Å². The Balaban J connectivity index is 1.42. The number of amides is 3. The minimum atomic E-state index is -0.719. The van der Waals surface area contributed by atoms with Crippen LogP contribution in [0.1, 0.15) is 30.4 Å². The van der Waals surface area contributed by atoms with Crippen molar-refractivity contribution in [3.63, 3.8) is 0 Å². The van der Waals surface area contributed by atoms with Gasteiger partial charge in [-0.2, -0.15) is 0 Å². The highest BCUT2D eigenvalue weighted by molar-refractivity contribution is 5.96. The van der Waals surface area contributed by atoms with E-state index in [4.69, 9.17) is 9.47 Å². The van der Waals surface area contributed by atoms with Crippen molar-refractivity contribution in [3.05, 3.63) is 71.8 Å². The van der Waals surface area contributed by atoms with Crippen molar-refractivity contribution in [3.8, 4) is 0 Å². The molecule has 1 aliphatic heterocycles. The number of rotatable bonds is 7. The molecule has 0 radical (unpaired) electrons. The highest BCUT2D eigenvalue weighted by Gasteiger charge is 2.56. The van der Waals surface area contributed by atoms with Crippen LogP contribution in [0.5, 0.6) is 0 Å². The predicted octanol–water partition coefficient (Wildman–Crippen LogP) is 3.67. The zero-order chi connectivity index (χ0) is 21.7. The van der Waals surface area contributed by atoms with Gasteiger partial charge in [-0.1, -0.05) is 67.1 Å². The molecule has 1 heterocycles. The average Bonchev–Trinajstić information content (AvgIpc) is 3.06. The van der Waals surface area contributed by atoms with Crippen LogP contribution in [0.4, 0.5) is 9.59 Å². The van der Waals surface area contributed by atoms with Gasteiger partial charge in [0.1, 0.15) is 19.8 Å². The summed E-state index contributed by atoms with van der Waals surface area (Å²) in [5.74, 6) is -0.296. The summed E-state index contributed by atoms with van der Waals surface area (Å²) in [5, 5.41) is 2.47. The Morgan fingerprint density at radius 2 is 1.68 bits per heavy atom. The fourth-order valence-corrected chi connectivity index (χ4v) is 4.32. The van der Waals surface area contributed by atoms with Crippen LogP contribution < -0.4 is 5.32 Å². The second-order valence-electron chi connectivity index (χ2n) is 8.09. The Kier molecular flexibility index (Phi) is 6.21. The van der Waals surface area contributed by atoms with Gasteiger partial charge in [0.2, 0.25) is 0 Å². The molecule has 2 fully saturated rings. The molecule has 0 spiro atoms. The van der Waals surface area contributed by atoms with Gasteiger partial charge < -0.3 is 14.8 Å². The first-order valence-corrected chi connectivity index (χ1v) is 10.6. The standard InChI is InChI=1S/C24H26N2O5/c27-21(15-25-22(28)30-16-19-10-5-2-6-11-19)26-23(29)31-17-24(26,20-12-7-13-20)14-18-8-3-1-4-9-18/h1-6,8-11,20H,7,12-17H2,(H,25,28). The molecule has 2 aromatic rings. The molecule has 1 saturated heterocycles. The van der Waals surface area contributed by atoms with Gasteiger partial charge in [0.25, 0.3) is 5.91 Å². The van der Waals surface area contributed by atoms with Gasteiger partial charge in [-0.25, -0.2) is 14.5 Å². The van der Waals surface area contributed by atoms with E-state index in [1.807, 2.05) is 60.7 Å². The van der Waals surface area contributed by atoms with E-state index in [1.54, 1.807) is 0 Å². The first kappa shape index (κ1) is 20.9. The molecule has 1 atom stereocenters. The number of alkyl carbamates (subject to hydrolysis) is 1. The lowest BCUT2D eigenvalue weighted by Crippen LogP contribution is -2.60. The van der Waals surface area contributed by atoms with Crippen molar-refractivity contribution < 1.29 is 23.9 Å². The number of imide groups is 1. The lowest BCUT2D eigenvalue weighted by Gasteiger charge is -2.45. The zero-order valence-corrected chi connectivity index (χ0v) is 17.3. The van der Waals surface area contributed by atoms with Crippen LogP contribution in [0.25, 0.3) is 0 Å². The van der Waals surface area contributed by atoms with Crippen molar-refractivity contribution in [2.24, 2.45) is 5.92 Å². The summed E-state index contributed by atoms with van der Waals surface area (Å²) in [5.41, 5.74) is 1.17. The van der Waals surface area contributed by atoms with Crippen LogP contribution in [0, 0.1) is 5.92 Å². The SMILES string of the molecule is O=C(NCC(=O)N1C(=O)OCC1(Cc1ccccc1)C1CCC1)OCc1ccccc1. The van der Waals surface area contributed by atoms with Crippen LogP contribution in [0.15, 0.2) is 60.7 Å². The van der Waals surface area contributed by atoms with Gasteiger partial charge in [-0.15, -0.1) is 0 Å². The molecule has 1 unspecified atom stereocenters. The van der Waals surface area contributed by atoms with Crippen molar-refractivity contribution in [1.82, 2.24) is 10.2 Å². The summed E-state index contributed by atoms with van der Waals surface area (Å²) in [4.78, 5) is 38.9. The summed E-state index contributed by atoms with van der Waals surface area (Å²) < 4.78 is 10.5. The number of benzene rings is 2. The zero-order valence-electron chi connectivity index (χ0n) is 17.3. The second kappa shape index (κ2) is 9.20. The molecule has 1 N–H and O–H groups in total. The van der Waals surface area contributed by atoms with Crippen LogP contribution in [-0.2, 0) is 27.3 Å². The van der Waals surface area contributed by atoms with E-state index >= 15 is 0 Å². The molecule has 162 valence electrons. The molecule has 3 amide bonds. The van der Waals surface area contributed by atoms with E-state index in [9.17, 15) is 14.4 Å². The summed E-state index contributed by atoms with van der Waals surface area (Å²) in [6.45, 7) is -0.0474. The van der Waals surface area contributed by atoms with Crippen LogP contribution in [-0.4, -0.2) is 41.7 Å². The molecular formula is C24H26N2O5. The first-order valence-electron chi connectivity index (χ1n) is 10.6. The third-order valence-electron chi connectivity index (χ3n) is 6.14. The molecule has 0 bridgehead atoms. The van der Waals surface area contributed by atoms with Gasteiger partial charge in [0.05, 0.1) is 5.54 Å². The Morgan fingerprint density at radius 1 is 1.03 bits per heavy atom. The van der Waals surface area contributed by atoms with E-state index in [0.717, 1.165) is 30.4 Å². The number of hydrogen-bond donors (Lipinski definition) is 1. The first-order chi connectivity index (χ1) is 15.1. The van der Waals surface area contributed by atoms with Crippen LogP contribution >= 0.6 is 0 Å². The third kappa shape index (κ3) is 4.55. The highest BCUT2D eigenvalue weighted by Crippen LogP contribution is 2.45. The number of cyclic esters (lactones) is 1. The number of carbonyl (C=O) groups excluding carboxylic acids is 3. The molecule has 2 aliphatic rings. The van der Waals surface area contributed by atoms with E-state index in [2.05, 4.69) is 5.32 Å². The number of carbonyl (C=O) groups is 3. The number of hydrogen-bond acceptors (Lipinski definition) is 5. The Hall–Kier alpha value is -3.35. The minimum absolute atomic E-state index is 0.104. The Labute approximate surface area is 181 Å². The number of nitrogens with zero attached hydrogens (tertiary/aromatic N) is 1. The molecule has 7 heteroatoms. The maximum Gasteiger partial charge on any atom is 0.417 e. The quantitative estimate of drug-likeness (QED) is 0.736. The van der Waals surface area contributed by atoms with Crippen molar-refractivity contribution >= 4 is 18.1 Å². The Bertz CT molecular complexity index is 930. The normalized spacial score (nSPS) is 20.6. The largest absolute Gasteiger partial charge is 0.447 e. The van der Waals surface area contributed by atoms with Crippen molar-refractivity contribution in [2.45, 2.75) is 37.8 Å². The van der Waals surface area contributed by atoms with E-state index < -0.39 is 23.6 Å². The highest BCUT2D eigenvalue weighted by atomic mass is 16.6. The smallest absolute Gasteiger partial charge is 0.417 e. The van der Waals surface area contributed by atoms with Crippen LogP contribution in [0.2, 0.25) is 0 Å². The van der Waals surface area contributed by atoms with Crippen LogP contribution in [0.3, 0.4) is 0 Å². The molecule has 4 rings (SSSR count). The summed E-state index contributed by atoms with van der Waals surface area (Å²) in [7, 11) is 0. The molecule has 1 aliphatic carbocycles. The third-order valence-corrected chi connectivity index (χ3v) is 6.14. The van der Waals surface area contributed by atoms with Gasteiger partial charge in [0.15, 0.2) is 0 Å². The van der Waals surface area contributed by atoms with Gasteiger partial charge >= 0.3 is 12.2 Å². The summed E-state index contributed by atoms with van der Waals surface area (Å²) in [6, 6.07) is 19.1. The second-order valence-corrected chi connectivity index (χ2v) is 8.09. The molecular weight excluding hydrogens is 396 g/mol. The average molecular weight is 422 g/mol. The maximum absolute atomic E-state index is 13.0. The lowest BCUT2D eigenvalue weighted by atomic mass is 9.68. The predicted molar refractivity (Wildman–Crippen MR) is 113 cm³/mol. The fraction of sp³-hybridized carbons (Fsp3) is 0.375. The molecule has 1 saturated carbocycles. The fourth-order valence-electron chi connectivity index (χ4n) is 4.32. The summed E-state index contributed by atoms with van der Waals surface area (Å²) in [6.07, 6.45) is 2.14. The molecule has 7 nitrogen and oxygen atoms in total. The molecule has 31 heavy (non-hydrogen) atoms. The van der Waals surface area contributed by atoms with E-state index in [-0.39, 0.29) is 25.7 Å². The van der Waals surface area contributed by atoms with Gasteiger partial charge in [-0.3, -0.25) is 4.79 Å². The molecule has 2 aromatic carbocycles. The van der Waals surface area contributed by atoms with Crippen molar-refractivity contribution in [2.75, 3.05) is 13.2 Å². The van der Waals surface area contributed by atoms with E-state index in [1.165, 1.54) is 4.90 Å². The van der Waals surface area contributed by atoms with Gasteiger partial charge in [0, 0.05) is 0 Å². The number of ether oxygens (including phenoxy) is 2. The topological polar surface area (TPSA) is 84.9 Å². The summed E-state index contributed by atoms with van der Waals surface area (Å²) >= 11 is 0.